The van der Waals surface area contributed by atoms with Gasteiger partial charge in [-0.05, 0) is 12.5 Å². The number of hydrogen-bond donors (Lipinski definition) is 1. The fraction of sp³-hybridized carbons (Fsp3) is 0.455. The number of ether oxygens (including phenoxy) is 1. The minimum absolute atomic E-state index is 0.198. The van der Waals surface area contributed by atoms with E-state index in [4.69, 9.17) is 27.9 Å². The highest BCUT2D eigenvalue weighted by atomic mass is 35.5. The molecule has 4 heteroatoms. The highest BCUT2D eigenvalue weighted by molar-refractivity contribution is 6.42. The molecule has 0 saturated carbocycles. The molecule has 2 nitrogen and oxygen atoms in total. The van der Waals surface area contributed by atoms with Crippen LogP contribution in [0.1, 0.15) is 18.9 Å². The molecule has 0 saturated heterocycles. The van der Waals surface area contributed by atoms with Gasteiger partial charge in [0.1, 0.15) is 5.60 Å². The zero-order valence-electron chi connectivity index (χ0n) is 8.76. The van der Waals surface area contributed by atoms with Gasteiger partial charge in [0, 0.05) is 12.7 Å². The molecule has 1 aromatic carbocycles. The molecule has 1 N–H and O–H groups in total. The van der Waals surface area contributed by atoms with Crippen molar-refractivity contribution < 1.29 is 9.84 Å². The van der Waals surface area contributed by atoms with Crippen LogP contribution in [0.3, 0.4) is 0 Å². The number of rotatable bonds is 4. The third kappa shape index (κ3) is 2.64. The monoisotopic (exact) mass is 248 g/mol. The Labute approximate surface area is 99.8 Å². The number of halogens is 2. The third-order valence-electron chi connectivity index (χ3n) is 2.42. The lowest BCUT2D eigenvalue weighted by Gasteiger charge is -2.27. The molecule has 0 aliphatic carbocycles. The molecule has 84 valence electrons. The number of benzene rings is 1. The van der Waals surface area contributed by atoms with Crippen molar-refractivity contribution in [2.45, 2.75) is 18.9 Å². The van der Waals surface area contributed by atoms with Crippen molar-refractivity contribution in [3.05, 3.63) is 33.8 Å². The van der Waals surface area contributed by atoms with Crippen LogP contribution in [0.5, 0.6) is 0 Å². The summed E-state index contributed by atoms with van der Waals surface area (Å²) in [6, 6.07) is 5.22. The van der Waals surface area contributed by atoms with Gasteiger partial charge in [0.2, 0.25) is 0 Å². The summed E-state index contributed by atoms with van der Waals surface area (Å²) >= 11 is 11.9. The first-order valence-corrected chi connectivity index (χ1v) is 5.46. The van der Waals surface area contributed by atoms with E-state index in [2.05, 4.69) is 0 Å². The Morgan fingerprint density at radius 2 is 2.07 bits per heavy atom. The quantitative estimate of drug-likeness (QED) is 0.887. The van der Waals surface area contributed by atoms with Gasteiger partial charge in [0.15, 0.2) is 0 Å². The largest absolute Gasteiger partial charge is 0.383 e. The van der Waals surface area contributed by atoms with Gasteiger partial charge in [-0.15, -0.1) is 0 Å². The molecular weight excluding hydrogens is 235 g/mol. The van der Waals surface area contributed by atoms with Crippen LogP contribution in [0.25, 0.3) is 0 Å². The minimum Gasteiger partial charge on any atom is -0.383 e. The maximum atomic E-state index is 10.3. The summed E-state index contributed by atoms with van der Waals surface area (Å²) < 4.78 is 5.00. The fourth-order valence-electron chi connectivity index (χ4n) is 1.47. The Morgan fingerprint density at radius 3 is 2.60 bits per heavy atom. The van der Waals surface area contributed by atoms with Gasteiger partial charge >= 0.3 is 0 Å². The zero-order chi connectivity index (χ0) is 11.5. The van der Waals surface area contributed by atoms with Crippen molar-refractivity contribution in [2.75, 3.05) is 13.7 Å². The Kier molecular flexibility index (Phi) is 4.41. The Balaban J connectivity index is 3.17. The molecule has 15 heavy (non-hydrogen) atoms. The molecule has 0 amide bonds. The molecule has 0 radical (unpaired) electrons. The van der Waals surface area contributed by atoms with Gasteiger partial charge in [-0.2, -0.15) is 0 Å². The summed E-state index contributed by atoms with van der Waals surface area (Å²) in [7, 11) is 1.54. The molecule has 0 bridgehead atoms. The van der Waals surface area contributed by atoms with E-state index in [1.807, 2.05) is 6.92 Å². The molecule has 1 unspecified atom stereocenters. The summed E-state index contributed by atoms with van der Waals surface area (Å²) in [5, 5.41) is 11.2. The summed E-state index contributed by atoms with van der Waals surface area (Å²) in [5.74, 6) is 0. The zero-order valence-corrected chi connectivity index (χ0v) is 10.3. The van der Waals surface area contributed by atoms with Crippen molar-refractivity contribution in [3.63, 3.8) is 0 Å². The highest BCUT2D eigenvalue weighted by Gasteiger charge is 2.30. The summed E-state index contributed by atoms with van der Waals surface area (Å²) in [5.41, 5.74) is -0.461. The number of hydrogen-bond acceptors (Lipinski definition) is 2. The van der Waals surface area contributed by atoms with Crippen molar-refractivity contribution in [1.82, 2.24) is 0 Å². The van der Waals surface area contributed by atoms with E-state index in [0.717, 1.165) is 0 Å². The van der Waals surface area contributed by atoms with Gasteiger partial charge in [0.05, 0.1) is 16.7 Å². The molecule has 0 aromatic heterocycles. The topological polar surface area (TPSA) is 29.5 Å². The Hall–Kier alpha value is -0.280. The van der Waals surface area contributed by atoms with Crippen molar-refractivity contribution in [2.24, 2.45) is 0 Å². The lowest BCUT2D eigenvalue weighted by atomic mass is 9.92. The van der Waals surface area contributed by atoms with Crippen LogP contribution in [-0.2, 0) is 10.3 Å². The average Bonchev–Trinajstić information content (AvgIpc) is 2.22. The third-order valence-corrected chi connectivity index (χ3v) is 3.24. The second-order valence-electron chi connectivity index (χ2n) is 3.42. The molecule has 1 rings (SSSR count). The first-order chi connectivity index (χ1) is 7.05. The van der Waals surface area contributed by atoms with E-state index < -0.39 is 5.60 Å². The first-order valence-electron chi connectivity index (χ1n) is 4.71. The van der Waals surface area contributed by atoms with Gasteiger partial charge in [-0.25, -0.2) is 0 Å². The van der Waals surface area contributed by atoms with E-state index in [9.17, 15) is 5.11 Å². The van der Waals surface area contributed by atoms with E-state index in [1.165, 1.54) is 0 Å². The van der Waals surface area contributed by atoms with Crippen LogP contribution >= 0.6 is 23.2 Å². The van der Waals surface area contributed by atoms with Crippen molar-refractivity contribution in [1.29, 1.82) is 0 Å². The van der Waals surface area contributed by atoms with E-state index in [0.29, 0.717) is 22.0 Å². The lowest BCUT2D eigenvalue weighted by Crippen LogP contribution is -2.30. The van der Waals surface area contributed by atoms with Crippen LogP contribution in [0.15, 0.2) is 18.2 Å². The predicted octanol–water partition coefficient (Wildman–Crippen LogP) is 3.24. The van der Waals surface area contributed by atoms with Crippen molar-refractivity contribution in [3.8, 4) is 0 Å². The Bertz CT molecular complexity index is 341. The van der Waals surface area contributed by atoms with Crippen LogP contribution in [-0.4, -0.2) is 18.8 Å². The van der Waals surface area contributed by atoms with E-state index in [-0.39, 0.29) is 6.61 Å². The predicted molar refractivity (Wildman–Crippen MR) is 62.5 cm³/mol. The van der Waals surface area contributed by atoms with Gasteiger partial charge in [0.25, 0.3) is 0 Å². The molecule has 0 spiro atoms. The Morgan fingerprint density at radius 1 is 1.40 bits per heavy atom. The summed E-state index contributed by atoms with van der Waals surface area (Å²) in [4.78, 5) is 0. The van der Waals surface area contributed by atoms with Crippen LogP contribution in [0, 0.1) is 0 Å². The standard InChI is InChI=1S/C11H14Cl2O2/c1-3-11(14,7-15-2)8-5-4-6-9(12)10(8)13/h4-6,14H,3,7H2,1-2H3. The smallest absolute Gasteiger partial charge is 0.114 e. The van der Waals surface area contributed by atoms with Gasteiger partial charge < -0.3 is 9.84 Å². The molecule has 0 fully saturated rings. The maximum Gasteiger partial charge on any atom is 0.114 e. The molecule has 0 heterocycles. The number of aliphatic hydroxyl groups is 1. The van der Waals surface area contributed by atoms with Gasteiger partial charge in [-0.1, -0.05) is 42.3 Å². The van der Waals surface area contributed by atoms with Crippen LogP contribution in [0.2, 0.25) is 10.0 Å². The van der Waals surface area contributed by atoms with Crippen molar-refractivity contribution >= 4 is 23.2 Å². The minimum atomic E-state index is -1.07. The van der Waals surface area contributed by atoms with E-state index >= 15 is 0 Å². The molecule has 1 atom stereocenters. The fourth-order valence-corrected chi connectivity index (χ4v) is 1.95. The second-order valence-corrected chi connectivity index (χ2v) is 4.20. The highest BCUT2D eigenvalue weighted by Crippen LogP contribution is 2.35. The average molecular weight is 249 g/mol. The summed E-state index contributed by atoms with van der Waals surface area (Å²) in [6.45, 7) is 2.07. The second kappa shape index (κ2) is 5.17. The van der Waals surface area contributed by atoms with Gasteiger partial charge in [-0.3, -0.25) is 0 Å². The summed E-state index contributed by atoms with van der Waals surface area (Å²) in [6.07, 6.45) is 0.515. The SMILES string of the molecule is CCC(O)(COC)c1cccc(Cl)c1Cl. The molecule has 0 aliphatic rings. The van der Waals surface area contributed by atoms with Crippen LogP contribution < -0.4 is 0 Å². The molecule has 0 aliphatic heterocycles. The number of methoxy groups -OCH3 is 1. The first kappa shape index (κ1) is 12.8. The molecular formula is C11H14Cl2O2. The maximum absolute atomic E-state index is 10.3. The normalized spacial score (nSPS) is 15.0. The molecule has 1 aromatic rings. The lowest BCUT2D eigenvalue weighted by molar-refractivity contribution is -0.0385. The van der Waals surface area contributed by atoms with Crippen LogP contribution in [0.4, 0.5) is 0 Å². The van der Waals surface area contributed by atoms with E-state index in [1.54, 1.807) is 25.3 Å².